The van der Waals surface area contributed by atoms with E-state index in [1.165, 1.54) is 0 Å². The van der Waals surface area contributed by atoms with Gasteiger partial charge in [0.15, 0.2) is 5.82 Å². The molecule has 0 aromatic carbocycles. The van der Waals surface area contributed by atoms with Crippen LogP contribution in [0.3, 0.4) is 0 Å². The Kier molecular flexibility index (Phi) is 3.64. The van der Waals surface area contributed by atoms with Crippen LogP contribution in [0.4, 0.5) is 0 Å². The number of nitrogens with zero attached hydrogens (tertiary/aromatic N) is 3. The van der Waals surface area contributed by atoms with Crippen molar-refractivity contribution in [3.63, 3.8) is 0 Å². The Labute approximate surface area is 84.6 Å². The predicted molar refractivity (Wildman–Crippen MR) is 54.6 cm³/mol. The van der Waals surface area contributed by atoms with Crippen LogP contribution in [0.2, 0.25) is 0 Å². The van der Waals surface area contributed by atoms with Crippen molar-refractivity contribution < 1.29 is 4.52 Å². The van der Waals surface area contributed by atoms with Crippen molar-refractivity contribution in [2.24, 2.45) is 4.99 Å². The van der Waals surface area contributed by atoms with Crippen molar-refractivity contribution in [1.82, 2.24) is 10.1 Å². The van der Waals surface area contributed by atoms with Crippen LogP contribution in [0, 0.1) is 6.92 Å². The van der Waals surface area contributed by atoms with E-state index in [4.69, 9.17) is 4.52 Å². The second-order valence-electron chi connectivity index (χ2n) is 2.35. The third kappa shape index (κ3) is 2.26. The lowest BCUT2D eigenvalue weighted by Gasteiger charge is -2.00. The van der Waals surface area contributed by atoms with E-state index in [0.29, 0.717) is 11.7 Å². The minimum atomic E-state index is 0.0168. The molecule has 1 aromatic rings. The number of hydrogen-bond donors (Lipinski definition) is 0. The van der Waals surface area contributed by atoms with E-state index in [1.807, 2.05) is 6.92 Å². The van der Waals surface area contributed by atoms with E-state index in [9.17, 15) is 0 Å². The summed E-state index contributed by atoms with van der Waals surface area (Å²) in [5, 5.41) is 3.71. The predicted octanol–water partition coefficient (Wildman–Crippen LogP) is 2.29. The molecule has 0 saturated heterocycles. The topological polar surface area (TPSA) is 51.3 Å². The molecule has 0 aliphatic heterocycles. The van der Waals surface area contributed by atoms with Crippen LogP contribution in [0.5, 0.6) is 0 Å². The van der Waals surface area contributed by atoms with Crippen LogP contribution in [0.1, 0.15) is 31.1 Å². The Morgan fingerprint density at radius 1 is 1.75 bits per heavy atom. The van der Waals surface area contributed by atoms with E-state index in [0.717, 1.165) is 6.42 Å². The molecular formula is C7H10IN3O. The zero-order valence-electron chi connectivity index (χ0n) is 6.99. The lowest BCUT2D eigenvalue weighted by Crippen LogP contribution is -1.93. The molecule has 0 bridgehead atoms. The summed E-state index contributed by atoms with van der Waals surface area (Å²) in [4.78, 5) is 8.30. The Balaban J connectivity index is 2.79. The lowest BCUT2D eigenvalue weighted by atomic mass is 10.2. The summed E-state index contributed by atoms with van der Waals surface area (Å²) >= 11 is 2.08. The molecule has 0 saturated carbocycles. The first-order valence-corrected chi connectivity index (χ1v) is 4.94. The largest absolute Gasteiger partial charge is 0.337 e. The molecule has 4 nitrogen and oxygen atoms in total. The number of aryl methyl sites for hydroxylation is 1. The van der Waals surface area contributed by atoms with Crippen LogP contribution < -0.4 is 0 Å². The van der Waals surface area contributed by atoms with Gasteiger partial charge in [0.2, 0.25) is 0 Å². The first kappa shape index (κ1) is 9.63. The minimum absolute atomic E-state index is 0.0168. The van der Waals surface area contributed by atoms with E-state index in [-0.39, 0.29) is 6.04 Å². The van der Waals surface area contributed by atoms with E-state index < -0.39 is 0 Å². The fraction of sp³-hybridized carbons (Fsp3) is 0.571. The molecule has 66 valence electrons. The third-order valence-electron chi connectivity index (χ3n) is 1.45. The lowest BCUT2D eigenvalue weighted by molar-refractivity contribution is 0.350. The molecule has 0 unspecified atom stereocenters. The zero-order valence-corrected chi connectivity index (χ0v) is 9.15. The highest BCUT2D eigenvalue weighted by atomic mass is 127. The van der Waals surface area contributed by atoms with Gasteiger partial charge in [0.1, 0.15) is 6.04 Å². The summed E-state index contributed by atoms with van der Waals surface area (Å²) in [6.07, 6.45) is 0.876. The summed E-state index contributed by atoms with van der Waals surface area (Å²) in [6.45, 7) is 3.83. The summed E-state index contributed by atoms with van der Waals surface area (Å²) in [5.74, 6) is 1.26. The summed E-state index contributed by atoms with van der Waals surface area (Å²) < 4.78 is 6.72. The highest BCUT2D eigenvalue weighted by Gasteiger charge is 2.13. The number of aliphatic imine (C=N–C) groups is 1. The van der Waals surface area contributed by atoms with Crippen LogP contribution >= 0.6 is 22.6 Å². The molecule has 0 radical (unpaired) electrons. The Morgan fingerprint density at radius 2 is 2.50 bits per heavy atom. The van der Waals surface area contributed by atoms with Gasteiger partial charge in [0.25, 0.3) is 5.89 Å². The minimum Gasteiger partial charge on any atom is -0.337 e. The summed E-state index contributed by atoms with van der Waals surface area (Å²) in [7, 11) is 0. The fourth-order valence-corrected chi connectivity index (χ4v) is 1.25. The normalized spacial score (nSPS) is 13.9. The molecule has 0 fully saturated rings. The maximum absolute atomic E-state index is 4.99. The van der Waals surface area contributed by atoms with Crippen molar-refractivity contribution in [2.75, 3.05) is 0 Å². The summed E-state index contributed by atoms with van der Waals surface area (Å²) in [6, 6.07) is 0.0168. The zero-order chi connectivity index (χ0) is 8.97. The van der Waals surface area contributed by atoms with Gasteiger partial charge in [0, 0.05) is 0 Å². The Hall–Kier alpha value is -0.460. The van der Waals surface area contributed by atoms with Gasteiger partial charge in [-0.05, 0) is 35.9 Å². The van der Waals surface area contributed by atoms with Gasteiger partial charge in [-0.15, -0.1) is 0 Å². The highest BCUT2D eigenvalue weighted by molar-refractivity contribution is 14.1. The standard InChI is InChI=1S/C7H10IN3O/c1-3-6(9-4-8)7-10-5(2)11-12-7/h4,6H,3H2,1-2H3/b9-4+/t6-/m1/s1. The van der Waals surface area contributed by atoms with Gasteiger partial charge in [-0.3, -0.25) is 4.99 Å². The van der Waals surface area contributed by atoms with Gasteiger partial charge in [-0.2, -0.15) is 4.98 Å². The molecule has 0 N–H and O–H groups in total. The van der Waals surface area contributed by atoms with E-state index in [1.54, 1.807) is 11.1 Å². The van der Waals surface area contributed by atoms with Gasteiger partial charge >= 0.3 is 0 Å². The molecule has 1 aromatic heterocycles. The highest BCUT2D eigenvalue weighted by Crippen LogP contribution is 2.18. The average molecular weight is 279 g/mol. The van der Waals surface area contributed by atoms with Crippen LogP contribution in [0.15, 0.2) is 9.52 Å². The van der Waals surface area contributed by atoms with Crippen molar-refractivity contribution >= 4 is 26.8 Å². The Bertz CT molecular complexity index is 271. The van der Waals surface area contributed by atoms with Crippen LogP contribution in [0.25, 0.3) is 0 Å². The smallest absolute Gasteiger partial charge is 0.251 e. The van der Waals surface area contributed by atoms with Crippen molar-refractivity contribution in [1.29, 1.82) is 0 Å². The summed E-state index contributed by atoms with van der Waals surface area (Å²) in [5.41, 5.74) is 0. The Morgan fingerprint density at radius 3 is 2.92 bits per heavy atom. The van der Waals surface area contributed by atoms with E-state index in [2.05, 4.69) is 37.7 Å². The van der Waals surface area contributed by atoms with Crippen LogP contribution in [-0.4, -0.2) is 14.4 Å². The number of hydrogen-bond acceptors (Lipinski definition) is 4. The third-order valence-corrected chi connectivity index (χ3v) is 1.77. The fourth-order valence-electron chi connectivity index (χ4n) is 0.860. The van der Waals surface area contributed by atoms with Crippen molar-refractivity contribution in [2.45, 2.75) is 26.3 Å². The van der Waals surface area contributed by atoms with Gasteiger partial charge in [-0.1, -0.05) is 12.1 Å². The SMILES string of the molecule is CC[C@@H](/N=C/I)c1nc(C)no1. The quantitative estimate of drug-likeness (QED) is 0.630. The van der Waals surface area contributed by atoms with Crippen LogP contribution in [-0.2, 0) is 0 Å². The maximum Gasteiger partial charge on any atom is 0.251 e. The van der Waals surface area contributed by atoms with Gasteiger partial charge < -0.3 is 4.52 Å². The molecule has 1 rings (SSSR count). The average Bonchev–Trinajstić information content (AvgIpc) is 2.47. The van der Waals surface area contributed by atoms with Gasteiger partial charge in [-0.25, -0.2) is 0 Å². The number of rotatable bonds is 3. The molecule has 0 aliphatic carbocycles. The van der Waals surface area contributed by atoms with E-state index >= 15 is 0 Å². The first-order chi connectivity index (χ1) is 5.77. The molecule has 12 heavy (non-hydrogen) atoms. The molecule has 5 heteroatoms. The first-order valence-electron chi connectivity index (χ1n) is 3.70. The second-order valence-corrected chi connectivity index (χ2v) is 2.91. The second kappa shape index (κ2) is 4.54. The number of aromatic nitrogens is 2. The van der Waals surface area contributed by atoms with Crippen molar-refractivity contribution in [3.05, 3.63) is 11.7 Å². The molecule has 0 spiro atoms. The van der Waals surface area contributed by atoms with Crippen molar-refractivity contribution in [3.8, 4) is 0 Å². The monoisotopic (exact) mass is 279 g/mol. The molecule has 0 amide bonds. The molecule has 0 aliphatic rings. The molecular weight excluding hydrogens is 269 g/mol. The number of halogens is 1. The molecule has 1 atom stereocenters. The molecule has 1 heterocycles. The maximum atomic E-state index is 4.99. The van der Waals surface area contributed by atoms with Gasteiger partial charge in [0.05, 0.1) is 4.22 Å².